The second kappa shape index (κ2) is 6.54. The van der Waals surface area contributed by atoms with Crippen molar-refractivity contribution in [3.63, 3.8) is 0 Å². The molecule has 6 heteroatoms. The van der Waals surface area contributed by atoms with Gasteiger partial charge in [-0.25, -0.2) is 0 Å². The van der Waals surface area contributed by atoms with Crippen molar-refractivity contribution < 1.29 is 14.7 Å². The zero-order valence-electron chi connectivity index (χ0n) is 11.7. The third-order valence-electron chi connectivity index (χ3n) is 3.88. The number of rotatable bonds is 5. The highest BCUT2D eigenvalue weighted by Gasteiger charge is 2.35. The van der Waals surface area contributed by atoms with Crippen LogP contribution in [0.4, 0.5) is 0 Å². The molecule has 20 heavy (non-hydrogen) atoms. The lowest BCUT2D eigenvalue weighted by Gasteiger charge is -2.27. The number of hydrogen-bond acceptors (Lipinski definition) is 3. The summed E-state index contributed by atoms with van der Waals surface area (Å²) < 4.78 is 1.79. The molecule has 2 rings (SSSR count). The van der Waals surface area contributed by atoms with Crippen molar-refractivity contribution in [2.24, 2.45) is 11.8 Å². The van der Waals surface area contributed by atoms with Crippen LogP contribution in [-0.4, -0.2) is 26.8 Å². The first-order valence-corrected chi connectivity index (χ1v) is 7.14. The fourth-order valence-corrected chi connectivity index (χ4v) is 2.72. The maximum Gasteiger partial charge on any atom is 0.307 e. The van der Waals surface area contributed by atoms with E-state index in [1.165, 1.54) is 0 Å². The molecule has 110 valence electrons. The van der Waals surface area contributed by atoms with E-state index in [0.717, 1.165) is 25.1 Å². The molecule has 2 N–H and O–H groups in total. The standard InChI is InChI=1S/C14H21N3O3/c1-2-17-8-7-10(16-17)9-15-13(18)11-5-3-4-6-12(11)14(19)20/h7-8,11-12H,2-6,9H2,1H3,(H,15,18)(H,19,20). The summed E-state index contributed by atoms with van der Waals surface area (Å²) >= 11 is 0. The van der Waals surface area contributed by atoms with Gasteiger partial charge in [0, 0.05) is 12.7 Å². The molecular weight excluding hydrogens is 258 g/mol. The molecule has 1 heterocycles. The molecule has 0 saturated heterocycles. The van der Waals surface area contributed by atoms with Crippen molar-refractivity contribution >= 4 is 11.9 Å². The average molecular weight is 279 g/mol. The monoisotopic (exact) mass is 279 g/mol. The minimum Gasteiger partial charge on any atom is -0.481 e. The van der Waals surface area contributed by atoms with Crippen LogP contribution >= 0.6 is 0 Å². The summed E-state index contributed by atoms with van der Waals surface area (Å²) in [7, 11) is 0. The van der Waals surface area contributed by atoms with E-state index in [2.05, 4.69) is 10.4 Å². The van der Waals surface area contributed by atoms with Crippen LogP contribution in [-0.2, 0) is 22.7 Å². The Kier molecular flexibility index (Phi) is 4.76. The lowest BCUT2D eigenvalue weighted by Crippen LogP contribution is -2.39. The first-order valence-electron chi connectivity index (χ1n) is 7.14. The quantitative estimate of drug-likeness (QED) is 0.853. The zero-order chi connectivity index (χ0) is 14.5. The maximum absolute atomic E-state index is 12.2. The summed E-state index contributed by atoms with van der Waals surface area (Å²) in [5.74, 6) is -1.98. The van der Waals surface area contributed by atoms with Crippen molar-refractivity contribution in [1.29, 1.82) is 0 Å². The van der Waals surface area contributed by atoms with E-state index < -0.39 is 17.8 Å². The minimum atomic E-state index is -0.861. The van der Waals surface area contributed by atoms with Gasteiger partial charge in [-0.2, -0.15) is 5.10 Å². The van der Waals surface area contributed by atoms with Gasteiger partial charge < -0.3 is 10.4 Å². The second-order valence-electron chi connectivity index (χ2n) is 5.22. The van der Waals surface area contributed by atoms with E-state index in [1.807, 2.05) is 19.2 Å². The van der Waals surface area contributed by atoms with Crippen LogP contribution < -0.4 is 5.32 Å². The molecule has 0 bridgehead atoms. The van der Waals surface area contributed by atoms with Gasteiger partial charge in [-0.1, -0.05) is 12.8 Å². The lowest BCUT2D eigenvalue weighted by molar-refractivity contribution is -0.148. The summed E-state index contributed by atoms with van der Waals surface area (Å²) in [5, 5.41) is 16.3. The molecule has 1 aliphatic rings. The molecule has 1 amide bonds. The molecule has 1 aromatic heterocycles. The van der Waals surface area contributed by atoms with E-state index >= 15 is 0 Å². The molecule has 0 aliphatic heterocycles. The first kappa shape index (κ1) is 14.6. The fraction of sp³-hybridized carbons (Fsp3) is 0.643. The highest BCUT2D eigenvalue weighted by molar-refractivity contribution is 5.84. The number of aromatic nitrogens is 2. The van der Waals surface area contributed by atoms with Gasteiger partial charge in [0.05, 0.1) is 24.1 Å². The Hall–Kier alpha value is -1.85. The van der Waals surface area contributed by atoms with Crippen molar-refractivity contribution in [3.8, 4) is 0 Å². The number of nitrogens with zero attached hydrogens (tertiary/aromatic N) is 2. The Labute approximate surface area is 118 Å². The van der Waals surface area contributed by atoms with E-state index in [9.17, 15) is 14.7 Å². The van der Waals surface area contributed by atoms with Crippen molar-refractivity contribution in [2.45, 2.75) is 45.7 Å². The smallest absolute Gasteiger partial charge is 0.307 e. The zero-order valence-corrected chi connectivity index (χ0v) is 11.7. The number of carbonyl (C=O) groups is 2. The number of nitrogens with one attached hydrogen (secondary N) is 1. The summed E-state index contributed by atoms with van der Waals surface area (Å²) in [6.07, 6.45) is 4.93. The predicted octanol–water partition coefficient (Wildman–Crippen LogP) is 1.41. The van der Waals surface area contributed by atoms with Crippen molar-refractivity contribution in [3.05, 3.63) is 18.0 Å². The minimum absolute atomic E-state index is 0.164. The van der Waals surface area contributed by atoms with Crippen LogP contribution in [0.3, 0.4) is 0 Å². The normalized spacial score (nSPS) is 22.4. The molecule has 6 nitrogen and oxygen atoms in total. The third kappa shape index (κ3) is 3.37. The van der Waals surface area contributed by atoms with Gasteiger partial charge in [-0.3, -0.25) is 14.3 Å². The molecular formula is C14H21N3O3. The highest BCUT2D eigenvalue weighted by Crippen LogP contribution is 2.30. The Morgan fingerprint density at radius 2 is 2.10 bits per heavy atom. The van der Waals surface area contributed by atoms with Gasteiger partial charge >= 0.3 is 5.97 Å². The van der Waals surface area contributed by atoms with E-state index in [0.29, 0.717) is 19.4 Å². The third-order valence-corrected chi connectivity index (χ3v) is 3.88. The van der Waals surface area contributed by atoms with Gasteiger partial charge in [-0.05, 0) is 25.8 Å². The number of carboxylic acids is 1. The van der Waals surface area contributed by atoms with Crippen LogP contribution in [0.25, 0.3) is 0 Å². The van der Waals surface area contributed by atoms with Crippen LogP contribution in [0.15, 0.2) is 12.3 Å². The molecule has 2 unspecified atom stereocenters. The van der Waals surface area contributed by atoms with Gasteiger partial charge in [0.2, 0.25) is 5.91 Å². The summed E-state index contributed by atoms with van der Waals surface area (Å²) in [5.41, 5.74) is 0.794. The number of hydrogen-bond donors (Lipinski definition) is 2. The van der Waals surface area contributed by atoms with Crippen molar-refractivity contribution in [2.75, 3.05) is 0 Å². The first-order chi connectivity index (χ1) is 9.61. The highest BCUT2D eigenvalue weighted by atomic mass is 16.4. The largest absolute Gasteiger partial charge is 0.481 e. The average Bonchev–Trinajstić information content (AvgIpc) is 2.92. The van der Waals surface area contributed by atoms with Gasteiger partial charge in [0.15, 0.2) is 0 Å². The Morgan fingerprint density at radius 1 is 1.40 bits per heavy atom. The second-order valence-corrected chi connectivity index (χ2v) is 5.22. The number of carbonyl (C=O) groups excluding carboxylic acids is 1. The van der Waals surface area contributed by atoms with Crippen molar-refractivity contribution in [1.82, 2.24) is 15.1 Å². The van der Waals surface area contributed by atoms with E-state index in [4.69, 9.17) is 0 Å². The molecule has 1 fully saturated rings. The summed E-state index contributed by atoms with van der Waals surface area (Å²) in [4.78, 5) is 23.3. The van der Waals surface area contributed by atoms with Crippen LogP contribution in [0.5, 0.6) is 0 Å². The lowest BCUT2D eigenvalue weighted by atomic mass is 9.79. The maximum atomic E-state index is 12.2. The van der Waals surface area contributed by atoms with E-state index in [1.54, 1.807) is 4.68 Å². The number of amides is 1. The SMILES string of the molecule is CCn1ccc(CNC(=O)C2CCCCC2C(=O)O)n1. The molecule has 0 radical (unpaired) electrons. The Morgan fingerprint density at radius 3 is 2.70 bits per heavy atom. The Balaban J connectivity index is 1.91. The molecule has 2 atom stereocenters. The fourth-order valence-electron chi connectivity index (χ4n) is 2.72. The topological polar surface area (TPSA) is 84.2 Å². The van der Waals surface area contributed by atoms with Crippen LogP contribution in [0, 0.1) is 11.8 Å². The number of carboxylic acid groups (broad SMARTS) is 1. The summed E-state index contributed by atoms with van der Waals surface area (Å²) in [6, 6.07) is 1.86. The van der Waals surface area contributed by atoms with E-state index in [-0.39, 0.29) is 5.91 Å². The molecule has 1 aliphatic carbocycles. The molecule has 0 aromatic carbocycles. The van der Waals surface area contributed by atoms with Crippen LogP contribution in [0.2, 0.25) is 0 Å². The van der Waals surface area contributed by atoms with Gasteiger partial charge in [0.25, 0.3) is 0 Å². The predicted molar refractivity (Wildman–Crippen MR) is 72.8 cm³/mol. The summed E-state index contributed by atoms with van der Waals surface area (Å²) in [6.45, 7) is 3.14. The molecule has 1 aromatic rings. The molecule has 0 spiro atoms. The van der Waals surface area contributed by atoms with Crippen LogP contribution in [0.1, 0.15) is 38.3 Å². The number of aryl methyl sites for hydroxylation is 1. The molecule has 1 saturated carbocycles. The van der Waals surface area contributed by atoms with Gasteiger partial charge in [-0.15, -0.1) is 0 Å². The Bertz CT molecular complexity index is 484. The van der Waals surface area contributed by atoms with Gasteiger partial charge in [0.1, 0.15) is 0 Å². The number of aliphatic carboxylic acids is 1.